The second-order valence-electron chi connectivity index (χ2n) is 12.2. The molecule has 7 rings (SSSR count). The van der Waals surface area contributed by atoms with E-state index >= 15 is 0 Å². The number of amides is 1. The molecule has 4 aliphatic carbocycles. The van der Waals surface area contributed by atoms with E-state index in [1.807, 2.05) is 25.1 Å². The number of carboxylic acid groups (broad SMARTS) is 1. The number of fused-ring (bicyclic) bond motifs is 1. The van der Waals surface area contributed by atoms with Gasteiger partial charge in [0.25, 0.3) is 5.91 Å². The fourth-order valence-electron chi connectivity index (χ4n) is 7.90. The number of halogens is 3. The van der Waals surface area contributed by atoms with Gasteiger partial charge in [0.1, 0.15) is 24.1 Å². The van der Waals surface area contributed by atoms with E-state index in [9.17, 15) is 27.9 Å². The summed E-state index contributed by atoms with van der Waals surface area (Å²) in [6, 6.07) is 13.5. The number of benzene rings is 3. The summed E-state index contributed by atoms with van der Waals surface area (Å²) >= 11 is 0. The molecular weight excluding hydrogens is 535 g/mol. The van der Waals surface area contributed by atoms with Crippen LogP contribution in [0.5, 0.6) is 11.5 Å². The van der Waals surface area contributed by atoms with Gasteiger partial charge in [0.05, 0.1) is 5.56 Å². The molecule has 4 saturated carbocycles. The van der Waals surface area contributed by atoms with E-state index in [4.69, 9.17) is 4.74 Å². The van der Waals surface area contributed by atoms with Crippen LogP contribution in [-0.2, 0) is 11.4 Å². The normalized spacial score (nSPS) is 25.6. The van der Waals surface area contributed by atoms with Crippen molar-refractivity contribution < 1.29 is 37.3 Å². The zero-order chi connectivity index (χ0) is 28.9. The monoisotopic (exact) mass is 567 g/mol. The fraction of sp³-hybridized carbons (Fsp3) is 0.438. The Labute approximate surface area is 235 Å². The fourth-order valence-corrected chi connectivity index (χ4v) is 7.90. The molecule has 41 heavy (non-hydrogen) atoms. The third kappa shape index (κ3) is 5.59. The van der Waals surface area contributed by atoms with Crippen molar-refractivity contribution in [3.8, 4) is 11.5 Å². The first-order chi connectivity index (χ1) is 19.5. The van der Waals surface area contributed by atoms with Gasteiger partial charge in [-0.1, -0.05) is 35.9 Å². The number of hydrogen-bond donors (Lipinski definition) is 2. The number of alkyl halides is 3. The molecule has 0 radical (unpaired) electrons. The van der Waals surface area contributed by atoms with E-state index in [2.05, 4.69) is 10.1 Å². The summed E-state index contributed by atoms with van der Waals surface area (Å²) < 4.78 is 47.7. The quantitative estimate of drug-likeness (QED) is 0.306. The Morgan fingerprint density at radius 1 is 0.976 bits per heavy atom. The van der Waals surface area contributed by atoms with E-state index in [1.165, 1.54) is 24.3 Å². The molecule has 0 aromatic heterocycles. The van der Waals surface area contributed by atoms with E-state index in [1.54, 1.807) is 12.1 Å². The van der Waals surface area contributed by atoms with Gasteiger partial charge in [0, 0.05) is 10.8 Å². The largest absolute Gasteiger partial charge is 0.573 e. The maximum absolute atomic E-state index is 13.8. The Morgan fingerprint density at radius 2 is 1.59 bits per heavy atom. The predicted molar refractivity (Wildman–Crippen MR) is 146 cm³/mol. The lowest BCUT2D eigenvalue weighted by Gasteiger charge is -2.58. The Bertz CT molecular complexity index is 1450. The highest BCUT2D eigenvalue weighted by molar-refractivity contribution is 6.05. The van der Waals surface area contributed by atoms with Crippen LogP contribution in [-0.4, -0.2) is 29.4 Å². The molecule has 0 saturated heterocycles. The van der Waals surface area contributed by atoms with Crippen molar-refractivity contribution in [3.63, 3.8) is 0 Å². The summed E-state index contributed by atoms with van der Waals surface area (Å²) in [6.45, 7) is 1.90. The molecule has 0 heterocycles. The van der Waals surface area contributed by atoms with Crippen LogP contribution in [0.1, 0.15) is 60.0 Å². The third-order valence-corrected chi connectivity index (χ3v) is 9.13. The van der Waals surface area contributed by atoms with Crippen molar-refractivity contribution in [3.05, 3.63) is 71.3 Å². The number of ether oxygens (including phenoxy) is 2. The van der Waals surface area contributed by atoms with Crippen LogP contribution >= 0.6 is 0 Å². The second kappa shape index (κ2) is 10.3. The number of rotatable bonds is 8. The highest BCUT2D eigenvalue weighted by atomic mass is 19.4. The van der Waals surface area contributed by atoms with Gasteiger partial charge >= 0.3 is 12.3 Å². The molecule has 0 aliphatic heterocycles. The molecule has 9 heteroatoms. The lowest BCUT2D eigenvalue weighted by molar-refractivity contribution is -0.274. The Hall–Kier alpha value is -3.75. The second-order valence-corrected chi connectivity index (χ2v) is 12.2. The first-order valence-corrected chi connectivity index (χ1v) is 14.0. The van der Waals surface area contributed by atoms with E-state index in [0.717, 1.165) is 49.5 Å². The van der Waals surface area contributed by atoms with Crippen LogP contribution in [0.25, 0.3) is 10.8 Å². The third-order valence-electron chi connectivity index (χ3n) is 9.13. The lowest BCUT2D eigenvalue weighted by Crippen LogP contribution is -2.59. The van der Waals surface area contributed by atoms with Crippen molar-refractivity contribution in [2.24, 2.45) is 23.2 Å². The summed E-state index contributed by atoms with van der Waals surface area (Å²) in [4.78, 5) is 26.4. The molecule has 0 spiro atoms. The smallest absolute Gasteiger partial charge is 0.487 e. The van der Waals surface area contributed by atoms with Crippen molar-refractivity contribution >= 4 is 22.6 Å². The molecule has 1 atom stereocenters. The first kappa shape index (κ1) is 27.4. The van der Waals surface area contributed by atoms with E-state index < -0.39 is 29.7 Å². The summed E-state index contributed by atoms with van der Waals surface area (Å²) in [7, 11) is 0. The number of carboxylic acids is 1. The molecular formula is C32H32F3NO5. The SMILES string of the molecule is Cc1ccc2ccc(C(=O)N[C@H](C(=O)O)C34CC5CC(CC(C5)C3)C4)c(OCc3ccc(OC(F)(F)F)cc3)c2c1. The zero-order valence-corrected chi connectivity index (χ0v) is 22.7. The van der Waals surface area contributed by atoms with E-state index in [-0.39, 0.29) is 17.9 Å². The molecule has 4 fully saturated rings. The molecule has 4 aliphatic rings. The molecule has 2 N–H and O–H groups in total. The van der Waals surface area contributed by atoms with Crippen LogP contribution in [0.15, 0.2) is 54.6 Å². The highest BCUT2D eigenvalue weighted by Crippen LogP contribution is 2.61. The number of hydrogen-bond acceptors (Lipinski definition) is 4. The average Bonchev–Trinajstić information content (AvgIpc) is 2.89. The van der Waals surface area contributed by atoms with Gasteiger partial charge in [-0.25, -0.2) is 4.79 Å². The average molecular weight is 568 g/mol. The maximum Gasteiger partial charge on any atom is 0.573 e. The van der Waals surface area contributed by atoms with Crippen molar-refractivity contribution in [2.75, 3.05) is 0 Å². The number of aryl methyl sites for hydroxylation is 1. The van der Waals surface area contributed by atoms with Gasteiger partial charge < -0.3 is 19.9 Å². The number of carbonyl (C=O) groups excluding carboxylic acids is 1. The standard InChI is InChI=1S/C32H32F3NO5/c1-18-2-5-23-6-9-25(27(26(23)10-18)40-17-19-3-7-24(8-4-19)41-32(33,34)35)29(37)36-28(30(38)39)31-14-20-11-21(15-31)13-22(12-20)16-31/h2-10,20-22,28H,11-17H2,1H3,(H,36,37)(H,38,39)/t20?,21?,22?,28-,31?/m1/s1. The highest BCUT2D eigenvalue weighted by Gasteiger charge is 2.56. The molecule has 3 aromatic carbocycles. The summed E-state index contributed by atoms with van der Waals surface area (Å²) in [5.74, 6) is 0.00267. The molecule has 3 aromatic rings. The van der Waals surface area contributed by atoms with Crippen molar-refractivity contribution in [1.82, 2.24) is 5.32 Å². The zero-order valence-electron chi connectivity index (χ0n) is 22.7. The summed E-state index contributed by atoms with van der Waals surface area (Å²) in [5.41, 5.74) is 1.31. The van der Waals surface area contributed by atoms with Gasteiger partial charge in [0.15, 0.2) is 0 Å². The van der Waals surface area contributed by atoms with E-state index in [0.29, 0.717) is 34.5 Å². The van der Waals surface area contributed by atoms with Crippen LogP contribution in [0.4, 0.5) is 13.2 Å². The summed E-state index contributed by atoms with van der Waals surface area (Å²) in [6.07, 6.45) is 1.16. The number of aliphatic carboxylic acids is 1. The van der Waals surface area contributed by atoms with Crippen LogP contribution in [0.3, 0.4) is 0 Å². The summed E-state index contributed by atoms with van der Waals surface area (Å²) in [5, 5.41) is 14.8. The lowest BCUT2D eigenvalue weighted by atomic mass is 9.47. The van der Waals surface area contributed by atoms with Gasteiger partial charge in [-0.05, 0) is 98.4 Å². The molecule has 216 valence electrons. The molecule has 0 unspecified atom stereocenters. The van der Waals surface area contributed by atoms with Crippen LogP contribution < -0.4 is 14.8 Å². The Balaban J connectivity index is 1.28. The predicted octanol–water partition coefficient (Wildman–Crippen LogP) is 7.03. The van der Waals surface area contributed by atoms with Gasteiger partial charge in [-0.2, -0.15) is 0 Å². The minimum atomic E-state index is -4.79. The Morgan fingerprint density at radius 3 is 2.17 bits per heavy atom. The molecule has 4 bridgehead atoms. The molecule has 1 amide bonds. The van der Waals surface area contributed by atoms with Crippen LogP contribution in [0.2, 0.25) is 0 Å². The topological polar surface area (TPSA) is 84.9 Å². The van der Waals surface area contributed by atoms with Crippen molar-refractivity contribution in [1.29, 1.82) is 0 Å². The van der Waals surface area contributed by atoms with Gasteiger partial charge in [-0.3, -0.25) is 4.79 Å². The van der Waals surface area contributed by atoms with Gasteiger partial charge in [-0.15, -0.1) is 13.2 Å². The number of carbonyl (C=O) groups is 2. The van der Waals surface area contributed by atoms with Crippen molar-refractivity contribution in [2.45, 2.75) is 64.5 Å². The first-order valence-electron chi connectivity index (χ1n) is 14.0. The number of nitrogens with one attached hydrogen (secondary N) is 1. The minimum absolute atomic E-state index is 0.0169. The van der Waals surface area contributed by atoms with Crippen LogP contribution in [0, 0.1) is 30.1 Å². The molecule has 6 nitrogen and oxygen atoms in total. The van der Waals surface area contributed by atoms with Gasteiger partial charge in [0.2, 0.25) is 0 Å². The minimum Gasteiger partial charge on any atom is -0.487 e. The Kier molecular flexibility index (Phi) is 6.86. The maximum atomic E-state index is 13.8.